The Morgan fingerprint density at radius 2 is 1.46 bits per heavy atom. The number of hydrogen-bond donors (Lipinski definition) is 3. The molecule has 0 spiro atoms. The summed E-state index contributed by atoms with van der Waals surface area (Å²) in [6, 6.07) is 13.1. The average Bonchev–Trinajstić information content (AvgIpc) is 2.86. The van der Waals surface area contributed by atoms with Crippen LogP contribution in [0.3, 0.4) is 0 Å². The molecule has 2 aromatic rings. The number of rotatable bonds is 6. The van der Waals surface area contributed by atoms with Crippen molar-refractivity contribution in [2.45, 2.75) is 83.1 Å². The van der Waals surface area contributed by atoms with Crippen LogP contribution in [0, 0.1) is 5.92 Å². The Labute approximate surface area is 208 Å². The lowest BCUT2D eigenvalue weighted by Gasteiger charge is -2.21. The van der Waals surface area contributed by atoms with E-state index in [9.17, 15) is 9.59 Å². The minimum Gasteiger partial charge on any atom is -0.397 e. The molecule has 2 fully saturated rings. The lowest BCUT2D eigenvalue weighted by atomic mass is 9.88. The van der Waals surface area contributed by atoms with E-state index in [1.54, 1.807) is 12.3 Å². The third-order valence-electron chi connectivity index (χ3n) is 7.24. The number of aliphatic imine (C=N–C) groups is 1. The summed E-state index contributed by atoms with van der Waals surface area (Å²) in [4.78, 5) is 29.8. The molecule has 35 heavy (non-hydrogen) atoms. The number of anilines is 2. The molecule has 0 unspecified atom stereocenters. The van der Waals surface area contributed by atoms with Crippen LogP contribution in [0.4, 0.5) is 17.1 Å². The Hall–Kier alpha value is -3.15. The predicted molar refractivity (Wildman–Crippen MR) is 143 cm³/mol. The first-order valence-corrected chi connectivity index (χ1v) is 13.2. The highest BCUT2D eigenvalue weighted by Crippen LogP contribution is 2.28. The summed E-state index contributed by atoms with van der Waals surface area (Å²) < 4.78 is 0. The molecule has 2 saturated carbocycles. The van der Waals surface area contributed by atoms with E-state index in [1.807, 2.05) is 36.4 Å². The fraction of sp³-hybridized carbons (Fsp3) is 0.483. The number of nitrogen functional groups attached to an aromatic ring is 1. The van der Waals surface area contributed by atoms with E-state index in [1.165, 1.54) is 38.5 Å². The van der Waals surface area contributed by atoms with Crippen molar-refractivity contribution in [1.82, 2.24) is 5.32 Å². The molecule has 0 aromatic heterocycles. The second-order valence-corrected chi connectivity index (χ2v) is 9.99. The molecule has 0 aliphatic heterocycles. The molecule has 2 aliphatic rings. The van der Waals surface area contributed by atoms with Crippen LogP contribution in [0.15, 0.2) is 47.5 Å². The average molecular weight is 475 g/mol. The number of carbonyl (C=O) groups is 2. The fourth-order valence-electron chi connectivity index (χ4n) is 5.08. The maximum Gasteiger partial charge on any atom is 0.251 e. The Kier molecular flexibility index (Phi) is 8.93. The van der Waals surface area contributed by atoms with Crippen LogP contribution in [0.5, 0.6) is 0 Å². The highest BCUT2D eigenvalue weighted by molar-refractivity contribution is 5.96. The molecule has 2 amide bonds. The van der Waals surface area contributed by atoms with Crippen LogP contribution in [0.2, 0.25) is 0 Å². The summed E-state index contributed by atoms with van der Waals surface area (Å²) in [5, 5.41) is 6.23. The van der Waals surface area contributed by atoms with Gasteiger partial charge in [0.15, 0.2) is 0 Å². The van der Waals surface area contributed by atoms with Crippen molar-refractivity contribution in [1.29, 1.82) is 0 Å². The molecule has 0 radical (unpaired) electrons. The van der Waals surface area contributed by atoms with Gasteiger partial charge in [0, 0.05) is 29.4 Å². The standard InChI is InChI=1S/C29H38N4O2/c30-26-18-17-25(33-28(34)22-9-5-4-6-10-22)19-27(26)31-20-21-13-15-23(16-14-21)29(35)32-24-11-7-2-1-3-8-12-24/h13-20,22,24H,1-12,30H2,(H,32,35)(H,33,34). The molecule has 2 aromatic carbocycles. The molecule has 6 nitrogen and oxygen atoms in total. The maximum absolute atomic E-state index is 12.7. The van der Waals surface area contributed by atoms with Gasteiger partial charge in [0.2, 0.25) is 5.91 Å². The third-order valence-corrected chi connectivity index (χ3v) is 7.24. The van der Waals surface area contributed by atoms with Crippen LogP contribution < -0.4 is 16.4 Å². The summed E-state index contributed by atoms with van der Waals surface area (Å²) in [6.45, 7) is 0. The first kappa shape index (κ1) is 25.0. The van der Waals surface area contributed by atoms with Gasteiger partial charge in [-0.2, -0.15) is 0 Å². The van der Waals surface area contributed by atoms with Gasteiger partial charge in [-0.25, -0.2) is 0 Å². The largest absolute Gasteiger partial charge is 0.397 e. The lowest BCUT2D eigenvalue weighted by molar-refractivity contribution is -0.120. The SMILES string of the molecule is Nc1ccc(NC(=O)C2CCCCC2)cc1N=Cc1ccc(C(=O)NC2CCCCCCC2)cc1. The zero-order valence-electron chi connectivity index (χ0n) is 20.6. The Morgan fingerprint density at radius 3 is 2.17 bits per heavy atom. The third kappa shape index (κ3) is 7.41. The first-order chi connectivity index (χ1) is 17.1. The Morgan fingerprint density at radius 1 is 0.829 bits per heavy atom. The van der Waals surface area contributed by atoms with E-state index < -0.39 is 0 Å². The summed E-state index contributed by atoms with van der Waals surface area (Å²) in [7, 11) is 0. The van der Waals surface area contributed by atoms with Gasteiger partial charge in [0.1, 0.15) is 0 Å². The molecule has 0 saturated heterocycles. The van der Waals surface area contributed by atoms with E-state index >= 15 is 0 Å². The number of benzene rings is 2. The number of nitrogens with two attached hydrogens (primary N) is 1. The topological polar surface area (TPSA) is 96.6 Å². The van der Waals surface area contributed by atoms with Gasteiger partial charge in [-0.1, -0.05) is 63.5 Å². The van der Waals surface area contributed by atoms with Crippen LogP contribution in [-0.2, 0) is 4.79 Å². The second-order valence-electron chi connectivity index (χ2n) is 9.99. The highest BCUT2D eigenvalue weighted by Gasteiger charge is 2.21. The van der Waals surface area contributed by atoms with Gasteiger partial charge >= 0.3 is 0 Å². The van der Waals surface area contributed by atoms with E-state index in [0.717, 1.165) is 44.1 Å². The van der Waals surface area contributed by atoms with Crippen molar-refractivity contribution in [3.05, 3.63) is 53.6 Å². The van der Waals surface area contributed by atoms with Crippen LogP contribution in [0.1, 0.15) is 93.0 Å². The number of amides is 2. The summed E-state index contributed by atoms with van der Waals surface area (Å²) in [5.41, 5.74) is 9.53. The van der Waals surface area contributed by atoms with E-state index in [2.05, 4.69) is 15.6 Å². The van der Waals surface area contributed by atoms with Gasteiger partial charge in [0.25, 0.3) is 5.91 Å². The summed E-state index contributed by atoms with van der Waals surface area (Å²) in [5.74, 6) is 0.165. The molecule has 2 aliphatic carbocycles. The van der Waals surface area contributed by atoms with Gasteiger partial charge in [-0.3, -0.25) is 14.6 Å². The molecule has 0 atom stereocenters. The Balaban J connectivity index is 1.35. The smallest absolute Gasteiger partial charge is 0.251 e. The van der Waals surface area contributed by atoms with E-state index in [-0.39, 0.29) is 23.8 Å². The van der Waals surface area contributed by atoms with E-state index in [0.29, 0.717) is 22.6 Å². The van der Waals surface area contributed by atoms with Crippen LogP contribution in [0.25, 0.3) is 0 Å². The molecule has 6 heteroatoms. The molecule has 4 N–H and O–H groups in total. The zero-order valence-corrected chi connectivity index (χ0v) is 20.6. The molecular weight excluding hydrogens is 436 g/mol. The fourth-order valence-corrected chi connectivity index (χ4v) is 5.08. The first-order valence-electron chi connectivity index (χ1n) is 13.2. The molecule has 186 valence electrons. The normalized spacial score (nSPS) is 18.1. The molecule has 4 rings (SSSR count). The number of nitrogens with one attached hydrogen (secondary N) is 2. The number of carbonyl (C=O) groups excluding carboxylic acids is 2. The Bertz CT molecular complexity index is 1020. The van der Waals surface area contributed by atoms with Crippen molar-refractivity contribution in [3.8, 4) is 0 Å². The highest BCUT2D eigenvalue weighted by atomic mass is 16.2. The minimum absolute atomic E-state index is 0.00952. The maximum atomic E-state index is 12.7. The zero-order chi connectivity index (χ0) is 24.5. The monoisotopic (exact) mass is 474 g/mol. The van der Waals surface area contributed by atoms with Crippen molar-refractivity contribution in [2.75, 3.05) is 11.1 Å². The van der Waals surface area contributed by atoms with Gasteiger partial charge in [-0.15, -0.1) is 0 Å². The van der Waals surface area contributed by atoms with Crippen molar-refractivity contribution in [2.24, 2.45) is 10.9 Å². The number of hydrogen-bond acceptors (Lipinski definition) is 4. The molecule has 0 bridgehead atoms. The molecular formula is C29H38N4O2. The lowest BCUT2D eigenvalue weighted by Crippen LogP contribution is -2.35. The predicted octanol–water partition coefficient (Wildman–Crippen LogP) is 6.38. The summed E-state index contributed by atoms with van der Waals surface area (Å²) >= 11 is 0. The summed E-state index contributed by atoms with van der Waals surface area (Å²) in [6.07, 6.45) is 15.5. The van der Waals surface area contributed by atoms with Gasteiger partial charge in [0.05, 0.1) is 11.4 Å². The van der Waals surface area contributed by atoms with Crippen LogP contribution in [-0.4, -0.2) is 24.1 Å². The second kappa shape index (κ2) is 12.5. The van der Waals surface area contributed by atoms with Crippen LogP contribution >= 0.6 is 0 Å². The van der Waals surface area contributed by atoms with Gasteiger partial charge in [-0.05, 0) is 61.6 Å². The van der Waals surface area contributed by atoms with E-state index in [4.69, 9.17) is 5.73 Å². The number of nitrogens with zero attached hydrogens (tertiary/aromatic N) is 1. The minimum atomic E-state index is -0.00952. The molecule has 0 heterocycles. The van der Waals surface area contributed by atoms with Gasteiger partial charge < -0.3 is 16.4 Å². The van der Waals surface area contributed by atoms with Crippen molar-refractivity contribution in [3.63, 3.8) is 0 Å². The van der Waals surface area contributed by atoms with Crippen molar-refractivity contribution < 1.29 is 9.59 Å². The quantitative estimate of drug-likeness (QED) is 0.335. The van der Waals surface area contributed by atoms with Crippen molar-refractivity contribution >= 4 is 35.1 Å².